The van der Waals surface area contributed by atoms with Crippen LogP contribution in [0.2, 0.25) is 0 Å². The molecule has 6 heteroatoms. The highest BCUT2D eigenvalue weighted by Crippen LogP contribution is 2.38. The molecule has 0 aromatic carbocycles. The predicted molar refractivity (Wildman–Crippen MR) is 65.9 cm³/mol. The lowest BCUT2D eigenvalue weighted by molar-refractivity contribution is -0.121. The van der Waals surface area contributed by atoms with E-state index < -0.39 is 0 Å². The molecule has 1 heterocycles. The largest absolute Gasteiger partial charge is 0.343 e. The summed E-state index contributed by atoms with van der Waals surface area (Å²) >= 11 is 0. The van der Waals surface area contributed by atoms with Crippen LogP contribution < -0.4 is 10.6 Å². The fourth-order valence-corrected chi connectivity index (χ4v) is 1.78. The molecular formula is C12H20N4O2. The molecule has 1 aliphatic rings. The predicted octanol–water partition coefficient (Wildman–Crippen LogP) is 0.980. The zero-order valence-electron chi connectivity index (χ0n) is 11.1. The number of hydrogen-bond acceptors (Lipinski definition) is 5. The van der Waals surface area contributed by atoms with Crippen LogP contribution >= 0.6 is 0 Å². The van der Waals surface area contributed by atoms with Gasteiger partial charge in [0.15, 0.2) is 5.82 Å². The first-order valence-electron chi connectivity index (χ1n) is 6.39. The van der Waals surface area contributed by atoms with Crippen molar-refractivity contribution >= 4 is 5.91 Å². The average molecular weight is 252 g/mol. The highest BCUT2D eigenvalue weighted by atomic mass is 16.5. The van der Waals surface area contributed by atoms with Crippen LogP contribution in [0.5, 0.6) is 0 Å². The molecule has 1 aromatic rings. The van der Waals surface area contributed by atoms with Gasteiger partial charge in [-0.05, 0) is 25.8 Å². The lowest BCUT2D eigenvalue weighted by atomic mass is 10.0. The van der Waals surface area contributed by atoms with Gasteiger partial charge < -0.3 is 15.2 Å². The second-order valence-corrected chi connectivity index (χ2v) is 5.08. The van der Waals surface area contributed by atoms with E-state index in [-0.39, 0.29) is 24.4 Å². The first kappa shape index (κ1) is 13.0. The Morgan fingerprint density at radius 1 is 1.50 bits per heavy atom. The molecule has 1 amide bonds. The Morgan fingerprint density at radius 3 is 2.78 bits per heavy atom. The zero-order valence-corrected chi connectivity index (χ0v) is 11.1. The van der Waals surface area contributed by atoms with Crippen LogP contribution in [-0.4, -0.2) is 29.6 Å². The van der Waals surface area contributed by atoms with Gasteiger partial charge in [0.1, 0.15) is 6.04 Å². The molecule has 2 rings (SSSR count). The van der Waals surface area contributed by atoms with Gasteiger partial charge in [-0.25, -0.2) is 0 Å². The molecule has 0 aliphatic heterocycles. The van der Waals surface area contributed by atoms with Crippen molar-refractivity contribution in [3.8, 4) is 0 Å². The molecule has 1 aromatic heterocycles. The van der Waals surface area contributed by atoms with Gasteiger partial charge in [0.05, 0.1) is 6.54 Å². The standard InChI is InChI=1S/C12H20N4O2/c1-7(2)10(14-9(17)6-13-3)12-15-11(16-18-12)8-4-5-8/h7-8,10,13H,4-6H2,1-3H3,(H,14,17). The Labute approximate surface area is 107 Å². The van der Waals surface area contributed by atoms with E-state index in [2.05, 4.69) is 20.8 Å². The SMILES string of the molecule is CNCC(=O)NC(c1nc(C2CC2)no1)C(C)C. The summed E-state index contributed by atoms with van der Waals surface area (Å²) in [7, 11) is 1.74. The maximum absolute atomic E-state index is 11.6. The maximum Gasteiger partial charge on any atom is 0.249 e. The minimum Gasteiger partial charge on any atom is -0.343 e. The Morgan fingerprint density at radius 2 is 2.22 bits per heavy atom. The van der Waals surface area contributed by atoms with E-state index in [9.17, 15) is 4.79 Å². The number of nitrogens with one attached hydrogen (secondary N) is 2. The molecule has 1 aliphatic carbocycles. The van der Waals surface area contributed by atoms with Gasteiger partial charge in [0.25, 0.3) is 0 Å². The Hall–Kier alpha value is -1.43. The molecule has 1 atom stereocenters. The minimum absolute atomic E-state index is 0.0672. The summed E-state index contributed by atoms with van der Waals surface area (Å²) in [6.07, 6.45) is 2.27. The summed E-state index contributed by atoms with van der Waals surface area (Å²) in [4.78, 5) is 16.0. The number of carbonyl (C=O) groups excluding carboxylic acids is 1. The van der Waals surface area contributed by atoms with E-state index >= 15 is 0 Å². The van der Waals surface area contributed by atoms with Crippen molar-refractivity contribution in [1.29, 1.82) is 0 Å². The van der Waals surface area contributed by atoms with Gasteiger partial charge in [-0.1, -0.05) is 19.0 Å². The third-order valence-corrected chi connectivity index (χ3v) is 2.99. The molecular weight excluding hydrogens is 232 g/mol. The average Bonchev–Trinajstić information content (AvgIpc) is 3.05. The van der Waals surface area contributed by atoms with Gasteiger partial charge in [-0.3, -0.25) is 4.79 Å². The fourth-order valence-electron chi connectivity index (χ4n) is 1.78. The Balaban J connectivity index is 2.05. The van der Waals surface area contributed by atoms with E-state index in [1.165, 1.54) is 0 Å². The summed E-state index contributed by atoms with van der Waals surface area (Å²) in [6, 6.07) is -0.217. The Kier molecular flexibility index (Phi) is 3.96. The summed E-state index contributed by atoms with van der Waals surface area (Å²) in [5.74, 6) is 1.89. The van der Waals surface area contributed by atoms with Gasteiger partial charge in [-0.2, -0.15) is 4.98 Å². The number of aromatic nitrogens is 2. The van der Waals surface area contributed by atoms with Gasteiger partial charge in [-0.15, -0.1) is 0 Å². The van der Waals surface area contributed by atoms with Crippen LogP contribution in [-0.2, 0) is 4.79 Å². The van der Waals surface area contributed by atoms with E-state index in [0.717, 1.165) is 18.7 Å². The van der Waals surface area contributed by atoms with Crippen molar-refractivity contribution in [3.63, 3.8) is 0 Å². The molecule has 0 bridgehead atoms. The molecule has 1 fully saturated rings. The summed E-state index contributed by atoms with van der Waals surface area (Å²) in [5, 5.41) is 9.71. The van der Waals surface area contributed by atoms with E-state index in [1.54, 1.807) is 7.05 Å². The zero-order chi connectivity index (χ0) is 13.1. The molecule has 0 saturated heterocycles. The van der Waals surface area contributed by atoms with Gasteiger partial charge in [0, 0.05) is 5.92 Å². The Bertz CT molecular complexity index is 412. The molecule has 0 spiro atoms. The van der Waals surface area contributed by atoms with Crippen LogP contribution in [0.1, 0.15) is 50.4 Å². The third-order valence-electron chi connectivity index (χ3n) is 2.99. The van der Waals surface area contributed by atoms with Crippen LogP contribution in [0, 0.1) is 5.92 Å². The number of carbonyl (C=O) groups is 1. The van der Waals surface area contributed by atoms with Crippen LogP contribution in [0.4, 0.5) is 0 Å². The second kappa shape index (κ2) is 5.48. The van der Waals surface area contributed by atoms with Crippen molar-refractivity contribution in [3.05, 3.63) is 11.7 Å². The normalized spacial score (nSPS) is 16.9. The van der Waals surface area contributed by atoms with E-state index in [1.807, 2.05) is 13.8 Å². The second-order valence-electron chi connectivity index (χ2n) is 5.08. The molecule has 18 heavy (non-hydrogen) atoms. The fraction of sp³-hybridized carbons (Fsp3) is 0.750. The lowest BCUT2D eigenvalue weighted by Crippen LogP contribution is -2.37. The molecule has 1 unspecified atom stereocenters. The van der Waals surface area contributed by atoms with Crippen molar-refractivity contribution in [2.75, 3.05) is 13.6 Å². The van der Waals surface area contributed by atoms with E-state index in [0.29, 0.717) is 11.8 Å². The van der Waals surface area contributed by atoms with Crippen LogP contribution in [0.3, 0.4) is 0 Å². The summed E-state index contributed by atoms with van der Waals surface area (Å²) in [6.45, 7) is 4.32. The molecule has 6 nitrogen and oxygen atoms in total. The molecule has 100 valence electrons. The minimum atomic E-state index is -0.217. The number of nitrogens with zero attached hydrogens (tertiary/aromatic N) is 2. The monoisotopic (exact) mass is 252 g/mol. The summed E-state index contributed by atoms with van der Waals surface area (Å²) in [5.41, 5.74) is 0. The van der Waals surface area contributed by atoms with E-state index in [4.69, 9.17) is 4.52 Å². The lowest BCUT2D eigenvalue weighted by Gasteiger charge is -2.18. The van der Waals surface area contributed by atoms with Gasteiger partial charge in [0.2, 0.25) is 11.8 Å². The first-order valence-corrected chi connectivity index (χ1v) is 6.39. The maximum atomic E-state index is 11.6. The van der Waals surface area contributed by atoms with Crippen molar-refractivity contribution in [2.24, 2.45) is 5.92 Å². The molecule has 2 N–H and O–H groups in total. The van der Waals surface area contributed by atoms with Crippen LogP contribution in [0.25, 0.3) is 0 Å². The number of amides is 1. The van der Waals surface area contributed by atoms with Crippen molar-refractivity contribution in [2.45, 2.75) is 38.6 Å². The van der Waals surface area contributed by atoms with Crippen molar-refractivity contribution < 1.29 is 9.32 Å². The first-order chi connectivity index (χ1) is 8.61. The third kappa shape index (κ3) is 3.07. The van der Waals surface area contributed by atoms with Crippen molar-refractivity contribution in [1.82, 2.24) is 20.8 Å². The smallest absolute Gasteiger partial charge is 0.249 e. The van der Waals surface area contributed by atoms with Gasteiger partial charge >= 0.3 is 0 Å². The molecule has 0 radical (unpaired) electrons. The number of rotatable bonds is 6. The quantitative estimate of drug-likeness (QED) is 0.789. The topological polar surface area (TPSA) is 80.0 Å². The molecule has 1 saturated carbocycles. The van der Waals surface area contributed by atoms with Crippen LogP contribution in [0.15, 0.2) is 4.52 Å². The number of hydrogen-bond donors (Lipinski definition) is 2. The highest BCUT2D eigenvalue weighted by Gasteiger charge is 2.31. The highest BCUT2D eigenvalue weighted by molar-refractivity contribution is 5.78. The number of likely N-dealkylation sites (N-methyl/N-ethyl adjacent to an activating group) is 1. The summed E-state index contributed by atoms with van der Waals surface area (Å²) < 4.78 is 5.27.